The van der Waals surface area contributed by atoms with Crippen LogP contribution in [-0.2, 0) is 9.53 Å². The van der Waals surface area contributed by atoms with Gasteiger partial charge in [0.1, 0.15) is 6.61 Å². The van der Waals surface area contributed by atoms with Gasteiger partial charge in [0.05, 0.1) is 13.0 Å². The van der Waals surface area contributed by atoms with Crippen molar-refractivity contribution in [3.05, 3.63) is 0 Å². The minimum absolute atomic E-state index is 0.00297. The standard InChI is InChI=1S/C13H24F2N2O2/c1-2-6-16-11-3-7-17(8-4-11)13(18)5-9-19-10-12(14)15/h11-12,16H,2-10H2,1H3. The SMILES string of the molecule is CCCNC1CCN(C(=O)CCOCC(F)F)CC1. The van der Waals surface area contributed by atoms with Crippen LogP contribution < -0.4 is 5.32 Å². The number of ether oxygens (including phenoxy) is 1. The number of alkyl halides is 2. The molecule has 0 aromatic heterocycles. The molecule has 0 saturated carbocycles. The van der Waals surface area contributed by atoms with Crippen molar-refractivity contribution in [2.24, 2.45) is 0 Å². The molecule has 1 amide bonds. The number of halogens is 2. The topological polar surface area (TPSA) is 41.6 Å². The predicted octanol–water partition coefficient (Wildman–Crippen LogP) is 1.65. The van der Waals surface area contributed by atoms with Crippen LogP contribution in [-0.4, -0.2) is 56.1 Å². The Labute approximate surface area is 113 Å². The van der Waals surface area contributed by atoms with E-state index in [0.29, 0.717) is 6.04 Å². The third-order valence-corrected chi connectivity index (χ3v) is 3.23. The molecule has 0 aromatic rings. The first kappa shape index (κ1) is 16.3. The highest BCUT2D eigenvalue weighted by molar-refractivity contribution is 5.76. The van der Waals surface area contributed by atoms with Crippen LogP contribution in [0.25, 0.3) is 0 Å². The average molecular weight is 278 g/mol. The molecule has 0 aromatic carbocycles. The molecule has 1 saturated heterocycles. The molecule has 1 rings (SSSR count). The van der Waals surface area contributed by atoms with Gasteiger partial charge in [-0.25, -0.2) is 8.78 Å². The lowest BCUT2D eigenvalue weighted by atomic mass is 10.0. The van der Waals surface area contributed by atoms with Crippen molar-refractivity contribution in [3.8, 4) is 0 Å². The Morgan fingerprint density at radius 3 is 2.68 bits per heavy atom. The van der Waals surface area contributed by atoms with Crippen molar-refractivity contribution in [2.75, 3.05) is 32.8 Å². The average Bonchev–Trinajstić information content (AvgIpc) is 2.41. The fraction of sp³-hybridized carbons (Fsp3) is 0.923. The Kier molecular flexibility index (Phi) is 7.90. The Morgan fingerprint density at radius 2 is 2.11 bits per heavy atom. The van der Waals surface area contributed by atoms with Gasteiger partial charge in [-0.1, -0.05) is 6.92 Å². The van der Waals surface area contributed by atoms with Gasteiger partial charge in [0, 0.05) is 19.1 Å². The molecule has 0 spiro atoms. The number of carbonyl (C=O) groups is 1. The summed E-state index contributed by atoms with van der Waals surface area (Å²) in [6.07, 6.45) is 0.767. The summed E-state index contributed by atoms with van der Waals surface area (Å²) in [5, 5.41) is 3.45. The second-order valence-electron chi connectivity index (χ2n) is 4.83. The van der Waals surface area contributed by atoms with Gasteiger partial charge in [-0.3, -0.25) is 4.79 Å². The molecule has 112 valence electrons. The summed E-state index contributed by atoms with van der Waals surface area (Å²) in [4.78, 5) is 13.6. The van der Waals surface area contributed by atoms with Crippen LogP contribution in [0.5, 0.6) is 0 Å². The van der Waals surface area contributed by atoms with Crippen LogP contribution in [0, 0.1) is 0 Å². The number of nitrogens with one attached hydrogen (secondary N) is 1. The molecule has 0 unspecified atom stereocenters. The van der Waals surface area contributed by atoms with E-state index in [4.69, 9.17) is 4.74 Å². The summed E-state index contributed by atoms with van der Waals surface area (Å²) in [6.45, 7) is 4.13. The lowest BCUT2D eigenvalue weighted by molar-refractivity contribution is -0.133. The molecular weight excluding hydrogens is 254 g/mol. The number of nitrogens with zero attached hydrogens (tertiary/aromatic N) is 1. The first-order valence-corrected chi connectivity index (χ1v) is 7.00. The molecule has 0 aliphatic carbocycles. The van der Waals surface area contributed by atoms with Crippen LogP contribution >= 0.6 is 0 Å². The van der Waals surface area contributed by atoms with Crippen LogP contribution in [0.2, 0.25) is 0 Å². The first-order valence-electron chi connectivity index (χ1n) is 7.00. The van der Waals surface area contributed by atoms with Crippen LogP contribution in [0.4, 0.5) is 8.78 Å². The van der Waals surface area contributed by atoms with Gasteiger partial charge in [-0.05, 0) is 25.8 Å². The van der Waals surface area contributed by atoms with Crippen molar-refractivity contribution in [1.29, 1.82) is 0 Å². The van der Waals surface area contributed by atoms with Gasteiger partial charge in [0.15, 0.2) is 0 Å². The van der Waals surface area contributed by atoms with Crippen molar-refractivity contribution < 1.29 is 18.3 Å². The van der Waals surface area contributed by atoms with E-state index >= 15 is 0 Å². The Morgan fingerprint density at radius 1 is 1.42 bits per heavy atom. The minimum Gasteiger partial charge on any atom is -0.375 e. The van der Waals surface area contributed by atoms with Gasteiger partial charge in [0.25, 0.3) is 6.43 Å². The zero-order chi connectivity index (χ0) is 14.1. The summed E-state index contributed by atoms with van der Waals surface area (Å²) in [5.74, 6) is 0.00297. The second-order valence-corrected chi connectivity index (χ2v) is 4.83. The highest BCUT2D eigenvalue weighted by Gasteiger charge is 2.21. The Bertz CT molecular complexity index is 257. The van der Waals surface area contributed by atoms with Gasteiger partial charge in [0.2, 0.25) is 5.91 Å². The fourth-order valence-corrected chi connectivity index (χ4v) is 2.17. The van der Waals surface area contributed by atoms with Crippen molar-refractivity contribution in [3.63, 3.8) is 0 Å². The number of carbonyl (C=O) groups excluding carboxylic acids is 1. The molecule has 6 heteroatoms. The molecule has 1 fully saturated rings. The van der Waals surface area contributed by atoms with Gasteiger partial charge >= 0.3 is 0 Å². The minimum atomic E-state index is -2.46. The van der Waals surface area contributed by atoms with E-state index in [-0.39, 0.29) is 18.9 Å². The van der Waals surface area contributed by atoms with Gasteiger partial charge in [-0.15, -0.1) is 0 Å². The predicted molar refractivity (Wildman–Crippen MR) is 69.3 cm³/mol. The van der Waals surface area contributed by atoms with E-state index in [1.807, 2.05) is 0 Å². The molecule has 19 heavy (non-hydrogen) atoms. The summed E-state index contributed by atoms with van der Waals surface area (Å²) in [6, 6.07) is 0.499. The normalized spacial score (nSPS) is 17.2. The van der Waals surface area contributed by atoms with Crippen LogP contribution in [0.15, 0.2) is 0 Å². The quantitative estimate of drug-likeness (QED) is 0.686. The molecule has 1 aliphatic rings. The maximum atomic E-state index is 11.8. The molecule has 1 N–H and O–H groups in total. The number of hydrogen-bond donors (Lipinski definition) is 1. The zero-order valence-corrected chi connectivity index (χ0v) is 11.5. The molecule has 0 bridgehead atoms. The highest BCUT2D eigenvalue weighted by atomic mass is 19.3. The first-order chi connectivity index (χ1) is 9.13. The second kappa shape index (κ2) is 9.20. The van der Waals surface area contributed by atoms with Crippen molar-refractivity contribution >= 4 is 5.91 Å². The van der Waals surface area contributed by atoms with E-state index < -0.39 is 13.0 Å². The molecule has 1 heterocycles. The number of amides is 1. The maximum Gasteiger partial charge on any atom is 0.261 e. The van der Waals surface area contributed by atoms with Crippen LogP contribution in [0.3, 0.4) is 0 Å². The largest absolute Gasteiger partial charge is 0.375 e. The summed E-state index contributed by atoms with van der Waals surface area (Å²) < 4.78 is 28.4. The third-order valence-electron chi connectivity index (χ3n) is 3.23. The number of piperidine rings is 1. The van der Waals surface area contributed by atoms with Crippen LogP contribution in [0.1, 0.15) is 32.6 Å². The molecule has 0 radical (unpaired) electrons. The summed E-state index contributed by atoms with van der Waals surface area (Å²) in [7, 11) is 0. The van der Waals surface area contributed by atoms with Crippen molar-refractivity contribution in [2.45, 2.75) is 45.1 Å². The number of rotatable bonds is 8. The molecular formula is C13H24F2N2O2. The smallest absolute Gasteiger partial charge is 0.261 e. The van der Waals surface area contributed by atoms with E-state index in [9.17, 15) is 13.6 Å². The summed E-state index contributed by atoms with van der Waals surface area (Å²) >= 11 is 0. The number of likely N-dealkylation sites (tertiary alicyclic amines) is 1. The van der Waals surface area contributed by atoms with E-state index in [2.05, 4.69) is 12.2 Å². The lowest BCUT2D eigenvalue weighted by Gasteiger charge is -2.32. The molecule has 0 atom stereocenters. The maximum absolute atomic E-state index is 11.8. The van der Waals surface area contributed by atoms with E-state index in [1.54, 1.807) is 4.90 Å². The van der Waals surface area contributed by atoms with E-state index in [0.717, 1.165) is 38.9 Å². The van der Waals surface area contributed by atoms with Gasteiger partial charge in [-0.2, -0.15) is 0 Å². The fourth-order valence-electron chi connectivity index (χ4n) is 2.17. The Balaban J connectivity index is 2.11. The zero-order valence-electron chi connectivity index (χ0n) is 11.5. The highest BCUT2D eigenvalue weighted by Crippen LogP contribution is 2.11. The lowest BCUT2D eigenvalue weighted by Crippen LogP contribution is -2.45. The van der Waals surface area contributed by atoms with Crippen molar-refractivity contribution in [1.82, 2.24) is 10.2 Å². The monoisotopic (exact) mass is 278 g/mol. The van der Waals surface area contributed by atoms with Gasteiger partial charge < -0.3 is 15.0 Å². The Hall–Kier alpha value is -0.750. The van der Waals surface area contributed by atoms with E-state index in [1.165, 1.54) is 0 Å². The molecule has 1 aliphatic heterocycles. The number of hydrogen-bond acceptors (Lipinski definition) is 3. The molecule has 4 nitrogen and oxygen atoms in total. The third kappa shape index (κ3) is 6.82. The summed E-state index contributed by atoms with van der Waals surface area (Å²) in [5.41, 5.74) is 0.